The van der Waals surface area contributed by atoms with Crippen molar-refractivity contribution in [2.24, 2.45) is 10.7 Å². The Morgan fingerprint density at radius 2 is 2.00 bits per heavy atom. The Labute approximate surface area is 138 Å². The summed E-state index contributed by atoms with van der Waals surface area (Å²) in [6.45, 7) is 7.60. The van der Waals surface area contributed by atoms with E-state index in [4.69, 9.17) is 5.73 Å². The molecule has 3 N–H and O–H groups in total. The number of aliphatic imine (C=N–C) groups is 1. The summed E-state index contributed by atoms with van der Waals surface area (Å²) in [4.78, 5) is 8.76. The van der Waals surface area contributed by atoms with E-state index in [1.165, 1.54) is 5.56 Å². The van der Waals surface area contributed by atoms with Crippen molar-refractivity contribution in [3.63, 3.8) is 0 Å². The molecule has 0 aliphatic heterocycles. The molecule has 2 rings (SSSR count). The number of aryl methyl sites for hydroxylation is 2. The molecule has 124 valence electrons. The predicted molar refractivity (Wildman–Crippen MR) is 95.2 cm³/mol. The number of guanidine groups is 1. The lowest BCUT2D eigenvalue weighted by atomic mass is 10.1. The SMILES string of the molecule is CC(C)(C)NC(N)=NCc1nccn1CCCc1ccccc1. The Hall–Kier alpha value is -2.30. The number of aromatic nitrogens is 2. The number of hydrogen-bond donors (Lipinski definition) is 2. The summed E-state index contributed by atoms with van der Waals surface area (Å²) in [6.07, 6.45) is 5.96. The molecule has 0 amide bonds. The molecule has 0 saturated heterocycles. The van der Waals surface area contributed by atoms with Crippen LogP contribution in [0, 0.1) is 0 Å². The van der Waals surface area contributed by atoms with Crippen LogP contribution in [0.3, 0.4) is 0 Å². The first-order valence-corrected chi connectivity index (χ1v) is 8.06. The number of hydrogen-bond acceptors (Lipinski definition) is 2. The van der Waals surface area contributed by atoms with Gasteiger partial charge in [0.25, 0.3) is 0 Å². The van der Waals surface area contributed by atoms with Crippen LogP contribution in [-0.2, 0) is 19.5 Å². The van der Waals surface area contributed by atoms with E-state index >= 15 is 0 Å². The van der Waals surface area contributed by atoms with Crippen LogP contribution in [0.1, 0.15) is 38.6 Å². The van der Waals surface area contributed by atoms with Crippen LogP contribution in [0.4, 0.5) is 0 Å². The second kappa shape index (κ2) is 7.81. The Balaban J connectivity index is 1.86. The first kappa shape index (κ1) is 17.1. The smallest absolute Gasteiger partial charge is 0.189 e. The first-order valence-electron chi connectivity index (χ1n) is 8.06. The highest BCUT2D eigenvalue weighted by atomic mass is 15.1. The summed E-state index contributed by atoms with van der Waals surface area (Å²) in [5.74, 6) is 1.40. The van der Waals surface area contributed by atoms with Crippen molar-refractivity contribution in [2.75, 3.05) is 0 Å². The van der Waals surface area contributed by atoms with Crippen LogP contribution in [0.15, 0.2) is 47.7 Å². The van der Waals surface area contributed by atoms with Gasteiger partial charge in [-0.2, -0.15) is 0 Å². The van der Waals surface area contributed by atoms with Gasteiger partial charge in [0.05, 0.1) is 0 Å². The molecule has 2 aromatic rings. The standard InChI is InChI=1S/C18H27N5/c1-18(2,3)22-17(19)21-14-16-20-11-13-23(16)12-7-10-15-8-5-4-6-9-15/h4-6,8-9,11,13H,7,10,12,14H2,1-3H3,(H3,19,21,22). The van der Waals surface area contributed by atoms with Crippen LogP contribution in [-0.4, -0.2) is 21.0 Å². The van der Waals surface area contributed by atoms with E-state index in [2.05, 4.69) is 64.9 Å². The first-order chi connectivity index (χ1) is 10.9. The highest BCUT2D eigenvalue weighted by molar-refractivity contribution is 5.78. The zero-order chi connectivity index (χ0) is 16.7. The fraction of sp³-hybridized carbons (Fsp3) is 0.444. The van der Waals surface area contributed by atoms with Gasteiger partial charge in [-0.1, -0.05) is 30.3 Å². The highest BCUT2D eigenvalue weighted by Crippen LogP contribution is 2.06. The molecule has 0 aliphatic rings. The second-order valence-electron chi connectivity index (χ2n) is 6.70. The molecule has 1 heterocycles. The van der Waals surface area contributed by atoms with Gasteiger partial charge in [-0.25, -0.2) is 9.98 Å². The number of rotatable bonds is 6. The van der Waals surface area contributed by atoms with Crippen molar-refractivity contribution in [1.82, 2.24) is 14.9 Å². The Morgan fingerprint density at radius 1 is 1.26 bits per heavy atom. The van der Waals surface area contributed by atoms with E-state index in [9.17, 15) is 0 Å². The molecule has 0 atom stereocenters. The third-order valence-electron chi connectivity index (χ3n) is 3.40. The van der Waals surface area contributed by atoms with E-state index in [-0.39, 0.29) is 5.54 Å². The summed E-state index contributed by atoms with van der Waals surface area (Å²) in [7, 11) is 0. The second-order valence-corrected chi connectivity index (χ2v) is 6.70. The lowest BCUT2D eigenvalue weighted by Gasteiger charge is -2.21. The molecular weight excluding hydrogens is 286 g/mol. The summed E-state index contributed by atoms with van der Waals surface area (Å²) in [5, 5.41) is 3.16. The molecule has 5 nitrogen and oxygen atoms in total. The molecule has 1 aromatic carbocycles. The molecule has 5 heteroatoms. The number of nitrogens with two attached hydrogens (primary N) is 1. The molecular formula is C18H27N5. The molecule has 0 bridgehead atoms. The minimum Gasteiger partial charge on any atom is -0.370 e. The number of nitrogens with one attached hydrogen (secondary N) is 1. The van der Waals surface area contributed by atoms with Crippen molar-refractivity contribution < 1.29 is 0 Å². The third kappa shape index (κ3) is 6.14. The Morgan fingerprint density at radius 3 is 2.70 bits per heavy atom. The fourth-order valence-electron chi connectivity index (χ4n) is 2.37. The summed E-state index contributed by atoms with van der Waals surface area (Å²) >= 11 is 0. The summed E-state index contributed by atoms with van der Waals surface area (Å²) in [6, 6.07) is 10.5. The van der Waals surface area contributed by atoms with Gasteiger partial charge in [0, 0.05) is 24.5 Å². The van der Waals surface area contributed by atoms with E-state index < -0.39 is 0 Å². The van der Waals surface area contributed by atoms with Crippen molar-refractivity contribution in [1.29, 1.82) is 0 Å². The lowest BCUT2D eigenvalue weighted by molar-refractivity contribution is 0.507. The van der Waals surface area contributed by atoms with Crippen LogP contribution >= 0.6 is 0 Å². The van der Waals surface area contributed by atoms with Gasteiger partial charge in [0.15, 0.2) is 5.96 Å². The highest BCUT2D eigenvalue weighted by Gasteiger charge is 2.10. The Kier molecular flexibility index (Phi) is 5.79. The number of nitrogens with zero attached hydrogens (tertiary/aromatic N) is 3. The quantitative estimate of drug-likeness (QED) is 0.636. The molecule has 1 aromatic heterocycles. The number of imidazole rings is 1. The molecule has 0 unspecified atom stereocenters. The van der Waals surface area contributed by atoms with Crippen molar-refractivity contribution in [3.05, 3.63) is 54.1 Å². The monoisotopic (exact) mass is 313 g/mol. The minimum atomic E-state index is -0.0846. The van der Waals surface area contributed by atoms with Gasteiger partial charge in [0.2, 0.25) is 0 Å². The van der Waals surface area contributed by atoms with Crippen molar-refractivity contribution in [2.45, 2.75) is 52.2 Å². The summed E-state index contributed by atoms with van der Waals surface area (Å²) in [5.41, 5.74) is 7.19. The van der Waals surface area contributed by atoms with Crippen LogP contribution < -0.4 is 11.1 Å². The van der Waals surface area contributed by atoms with Crippen LogP contribution in [0.2, 0.25) is 0 Å². The van der Waals surface area contributed by atoms with Gasteiger partial charge in [-0.3, -0.25) is 0 Å². The average Bonchev–Trinajstić information content (AvgIpc) is 2.92. The van der Waals surface area contributed by atoms with E-state index in [1.54, 1.807) is 0 Å². The normalized spacial score (nSPS) is 12.4. The van der Waals surface area contributed by atoms with Gasteiger partial charge in [-0.05, 0) is 39.2 Å². The molecule has 0 spiro atoms. The lowest BCUT2D eigenvalue weighted by Crippen LogP contribution is -2.45. The van der Waals surface area contributed by atoms with E-state index in [0.29, 0.717) is 12.5 Å². The van der Waals surface area contributed by atoms with Crippen LogP contribution in [0.25, 0.3) is 0 Å². The van der Waals surface area contributed by atoms with Gasteiger partial charge in [-0.15, -0.1) is 0 Å². The van der Waals surface area contributed by atoms with E-state index in [0.717, 1.165) is 25.2 Å². The molecule has 23 heavy (non-hydrogen) atoms. The fourth-order valence-corrected chi connectivity index (χ4v) is 2.37. The molecule has 0 radical (unpaired) electrons. The van der Waals surface area contributed by atoms with Gasteiger partial charge < -0.3 is 15.6 Å². The zero-order valence-corrected chi connectivity index (χ0v) is 14.3. The third-order valence-corrected chi connectivity index (χ3v) is 3.40. The zero-order valence-electron chi connectivity index (χ0n) is 14.3. The molecule has 0 fully saturated rings. The summed E-state index contributed by atoms with van der Waals surface area (Å²) < 4.78 is 2.15. The Bertz CT molecular complexity index is 622. The van der Waals surface area contributed by atoms with Crippen molar-refractivity contribution >= 4 is 5.96 Å². The molecule has 0 aliphatic carbocycles. The maximum absolute atomic E-state index is 5.90. The maximum Gasteiger partial charge on any atom is 0.189 e. The van der Waals surface area contributed by atoms with Crippen molar-refractivity contribution in [3.8, 4) is 0 Å². The van der Waals surface area contributed by atoms with Gasteiger partial charge >= 0.3 is 0 Å². The van der Waals surface area contributed by atoms with Gasteiger partial charge in [0.1, 0.15) is 12.4 Å². The molecule has 0 saturated carbocycles. The maximum atomic E-state index is 5.90. The average molecular weight is 313 g/mol. The van der Waals surface area contributed by atoms with Crippen LogP contribution in [0.5, 0.6) is 0 Å². The predicted octanol–water partition coefficient (Wildman–Crippen LogP) is 2.72. The minimum absolute atomic E-state index is 0.0846. The number of benzene rings is 1. The topological polar surface area (TPSA) is 68.2 Å². The van der Waals surface area contributed by atoms with E-state index in [1.807, 2.05) is 18.5 Å². The largest absolute Gasteiger partial charge is 0.370 e.